The van der Waals surface area contributed by atoms with Gasteiger partial charge in [0, 0.05) is 0 Å². The normalized spacial score (nSPS) is 14.1. The van der Waals surface area contributed by atoms with Crippen LogP contribution in [0.4, 0.5) is 0 Å². The van der Waals surface area contributed by atoms with Crippen molar-refractivity contribution in [3.05, 3.63) is 0 Å². The number of rotatable bonds is 6. The maximum Gasteiger partial charge on any atom is 0.239 e. The summed E-state index contributed by atoms with van der Waals surface area (Å²) >= 11 is 5.18. The zero-order valence-corrected chi connectivity index (χ0v) is 9.28. The van der Waals surface area contributed by atoms with Crippen LogP contribution in [0.3, 0.4) is 0 Å². The molecule has 0 aromatic rings. The standard InChI is InChI=1S/C7H14ClNO3S/c1-3-5-13(11,12)9-6(4-2)7(8)10/h6,9H,3-5H2,1-2H3. The predicted octanol–water partition coefficient (Wildman–Crippen LogP) is 0.860. The van der Waals surface area contributed by atoms with Crippen LogP contribution in [0.2, 0.25) is 0 Å². The molecule has 0 fully saturated rings. The van der Waals surface area contributed by atoms with Crippen molar-refractivity contribution in [3.63, 3.8) is 0 Å². The average Bonchev–Trinajstić information content (AvgIpc) is 1.99. The summed E-state index contributed by atoms with van der Waals surface area (Å²) in [5.74, 6) is 0.0215. The molecule has 0 amide bonds. The minimum absolute atomic E-state index is 0.0215. The summed E-state index contributed by atoms with van der Waals surface area (Å²) in [4.78, 5) is 10.7. The van der Waals surface area contributed by atoms with Crippen LogP contribution in [0, 0.1) is 0 Å². The number of carbonyl (C=O) groups is 1. The maximum absolute atomic E-state index is 11.2. The van der Waals surface area contributed by atoms with E-state index < -0.39 is 21.3 Å². The fourth-order valence-corrected chi connectivity index (χ4v) is 2.47. The van der Waals surface area contributed by atoms with E-state index >= 15 is 0 Å². The van der Waals surface area contributed by atoms with Gasteiger partial charge in [0.05, 0.1) is 11.8 Å². The third-order valence-corrected chi connectivity index (χ3v) is 3.33. The third kappa shape index (κ3) is 5.23. The summed E-state index contributed by atoms with van der Waals surface area (Å²) in [6.07, 6.45) is 0.882. The van der Waals surface area contributed by atoms with Crippen LogP contribution in [-0.4, -0.2) is 25.5 Å². The van der Waals surface area contributed by atoms with Crippen molar-refractivity contribution in [1.82, 2.24) is 4.72 Å². The Hall–Kier alpha value is -0.130. The minimum Gasteiger partial charge on any atom is -0.279 e. The molecule has 0 spiro atoms. The number of hydrogen-bond acceptors (Lipinski definition) is 3. The van der Waals surface area contributed by atoms with Crippen LogP contribution >= 0.6 is 11.6 Å². The predicted molar refractivity (Wildman–Crippen MR) is 52.2 cm³/mol. The second-order valence-corrected chi connectivity index (χ2v) is 4.95. The topological polar surface area (TPSA) is 63.2 Å². The zero-order chi connectivity index (χ0) is 10.5. The second-order valence-electron chi connectivity index (χ2n) is 2.70. The monoisotopic (exact) mass is 227 g/mol. The van der Waals surface area contributed by atoms with Gasteiger partial charge in [-0.15, -0.1) is 0 Å². The van der Waals surface area contributed by atoms with E-state index in [-0.39, 0.29) is 5.75 Å². The van der Waals surface area contributed by atoms with E-state index in [1.807, 2.05) is 0 Å². The van der Waals surface area contributed by atoms with Gasteiger partial charge >= 0.3 is 0 Å². The van der Waals surface area contributed by atoms with Crippen molar-refractivity contribution >= 4 is 26.9 Å². The molecular weight excluding hydrogens is 214 g/mol. The fourth-order valence-electron chi connectivity index (χ4n) is 0.835. The van der Waals surface area contributed by atoms with Crippen molar-refractivity contribution in [1.29, 1.82) is 0 Å². The summed E-state index contributed by atoms with van der Waals surface area (Å²) in [7, 11) is -3.34. The molecule has 0 radical (unpaired) electrons. The van der Waals surface area contributed by atoms with Gasteiger partial charge < -0.3 is 0 Å². The molecule has 1 unspecified atom stereocenters. The van der Waals surface area contributed by atoms with E-state index in [0.717, 1.165) is 0 Å². The number of hydrogen-bond donors (Lipinski definition) is 1. The van der Waals surface area contributed by atoms with E-state index in [9.17, 15) is 13.2 Å². The van der Waals surface area contributed by atoms with Gasteiger partial charge in [-0.3, -0.25) is 4.79 Å². The Labute approximate surface area is 83.7 Å². The Kier molecular flexibility index (Phi) is 5.51. The summed E-state index contributed by atoms with van der Waals surface area (Å²) < 4.78 is 24.6. The lowest BCUT2D eigenvalue weighted by molar-refractivity contribution is -0.113. The third-order valence-electron chi connectivity index (χ3n) is 1.48. The van der Waals surface area contributed by atoms with Crippen LogP contribution < -0.4 is 4.72 Å². The number of carbonyl (C=O) groups excluding carboxylic acids is 1. The maximum atomic E-state index is 11.2. The summed E-state index contributed by atoms with van der Waals surface area (Å²) in [5.41, 5.74) is 0. The van der Waals surface area contributed by atoms with Gasteiger partial charge in [-0.05, 0) is 24.4 Å². The molecule has 0 aliphatic carbocycles. The first-order valence-electron chi connectivity index (χ1n) is 4.12. The van der Waals surface area contributed by atoms with Crippen molar-refractivity contribution in [2.24, 2.45) is 0 Å². The Morgan fingerprint density at radius 1 is 1.46 bits per heavy atom. The molecule has 0 aromatic heterocycles. The second kappa shape index (κ2) is 5.57. The molecule has 0 saturated heterocycles. The van der Waals surface area contributed by atoms with Crippen molar-refractivity contribution in [2.45, 2.75) is 32.7 Å². The molecule has 0 rings (SSSR count). The Bertz CT molecular complexity index is 263. The van der Waals surface area contributed by atoms with Crippen LogP contribution in [0.25, 0.3) is 0 Å². The van der Waals surface area contributed by atoms with E-state index in [1.165, 1.54) is 0 Å². The lowest BCUT2D eigenvalue weighted by Crippen LogP contribution is -2.39. The van der Waals surface area contributed by atoms with Gasteiger partial charge in [-0.25, -0.2) is 13.1 Å². The van der Waals surface area contributed by atoms with Crippen LogP contribution in [0.15, 0.2) is 0 Å². The first-order valence-corrected chi connectivity index (χ1v) is 6.15. The van der Waals surface area contributed by atoms with E-state index in [2.05, 4.69) is 4.72 Å². The average molecular weight is 228 g/mol. The van der Waals surface area contributed by atoms with E-state index in [1.54, 1.807) is 13.8 Å². The molecule has 0 heterocycles. The SMILES string of the molecule is CCCS(=O)(=O)NC(CC)C(=O)Cl. The molecule has 0 aliphatic rings. The lowest BCUT2D eigenvalue weighted by atomic mass is 10.3. The highest BCUT2D eigenvalue weighted by Crippen LogP contribution is 2.00. The van der Waals surface area contributed by atoms with Crippen LogP contribution in [0.5, 0.6) is 0 Å². The quantitative estimate of drug-likeness (QED) is 0.685. The van der Waals surface area contributed by atoms with Gasteiger partial charge in [0.1, 0.15) is 0 Å². The molecule has 0 saturated carbocycles. The molecule has 13 heavy (non-hydrogen) atoms. The largest absolute Gasteiger partial charge is 0.279 e. The molecule has 0 aliphatic heterocycles. The highest BCUT2D eigenvalue weighted by atomic mass is 35.5. The summed E-state index contributed by atoms with van der Waals surface area (Å²) in [5, 5.41) is -0.665. The van der Waals surface area contributed by atoms with Crippen molar-refractivity contribution in [3.8, 4) is 0 Å². The zero-order valence-electron chi connectivity index (χ0n) is 7.71. The highest BCUT2D eigenvalue weighted by molar-refractivity contribution is 7.89. The minimum atomic E-state index is -3.34. The smallest absolute Gasteiger partial charge is 0.239 e. The Morgan fingerprint density at radius 2 is 2.00 bits per heavy atom. The molecule has 1 N–H and O–H groups in total. The van der Waals surface area contributed by atoms with Crippen LogP contribution in [-0.2, 0) is 14.8 Å². The first kappa shape index (κ1) is 12.9. The molecule has 0 bridgehead atoms. The van der Waals surface area contributed by atoms with Crippen molar-refractivity contribution < 1.29 is 13.2 Å². The highest BCUT2D eigenvalue weighted by Gasteiger charge is 2.20. The van der Waals surface area contributed by atoms with Crippen LogP contribution in [0.1, 0.15) is 26.7 Å². The van der Waals surface area contributed by atoms with Gasteiger partial charge in [0.25, 0.3) is 0 Å². The van der Waals surface area contributed by atoms with Gasteiger partial charge in [0.15, 0.2) is 0 Å². The fraction of sp³-hybridized carbons (Fsp3) is 0.857. The van der Waals surface area contributed by atoms with Gasteiger partial charge in [-0.1, -0.05) is 13.8 Å². The molecule has 0 aromatic carbocycles. The van der Waals surface area contributed by atoms with E-state index in [4.69, 9.17) is 11.6 Å². The Balaban J connectivity index is 4.31. The lowest BCUT2D eigenvalue weighted by Gasteiger charge is -2.11. The Morgan fingerprint density at radius 3 is 2.31 bits per heavy atom. The van der Waals surface area contributed by atoms with Gasteiger partial charge in [-0.2, -0.15) is 0 Å². The van der Waals surface area contributed by atoms with Crippen molar-refractivity contribution in [2.75, 3.05) is 5.75 Å². The number of halogens is 1. The van der Waals surface area contributed by atoms with E-state index in [0.29, 0.717) is 12.8 Å². The first-order chi connectivity index (χ1) is 5.93. The molecule has 4 nitrogen and oxygen atoms in total. The molecule has 1 atom stereocenters. The number of sulfonamides is 1. The molecule has 78 valence electrons. The summed E-state index contributed by atoms with van der Waals surface area (Å²) in [6.45, 7) is 3.45. The van der Waals surface area contributed by atoms with Gasteiger partial charge in [0.2, 0.25) is 15.3 Å². The summed E-state index contributed by atoms with van der Waals surface area (Å²) in [6, 6.07) is -0.793. The molecular formula is C7H14ClNO3S. The molecule has 6 heteroatoms. The number of nitrogens with one attached hydrogen (secondary N) is 1.